The van der Waals surface area contributed by atoms with Gasteiger partial charge in [0, 0.05) is 5.56 Å². The molecule has 0 radical (unpaired) electrons. The van der Waals surface area contributed by atoms with Crippen molar-refractivity contribution in [1.82, 2.24) is 0 Å². The number of rotatable bonds is 4. The van der Waals surface area contributed by atoms with E-state index >= 15 is 0 Å². The van der Waals surface area contributed by atoms with Gasteiger partial charge in [0.15, 0.2) is 6.29 Å². The minimum Gasteiger partial charge on any atom is -0.486 e. The van der Waals surface area contributed by atoms with E-state index in [9.17, 15) is 9.18 Å². The Morgan fingerprint density at radius 3 is 2.47 bits per heavy atom. The predicted octanol–water partition coefficient (Wildman–Crippen LogP) is 4.52. The van der Waals surface area contributed by atoms with Crippen molar-refractivity contribution in [3.8, 4) is 5.75 Å². The quantitative estimate of drug-likeness (QED) is 0.776. The summed E-state index contributed by atoms with van der Waals surface area (Å²) in [5.41, 5.74) is 0.529. The summed E-state index contributed by atoms with van der Waals surface area (Å²) in [4.78, 5) is 10.9. The minimum atomic E-state index is -0.466. The third-order valence-corrected chi connectivity index (χ3v) is 3.20. The lowest BCUT2D eigenvalue weighted by atomic mass is 10.2. The third kappa shape index (κ3) is 3.06. The van der Waals surface area contributed by atoms with Gasteiger partial charge >= 0.3 is 0 Å². The van der Waals surface area contributed by atoms with E-state index in [4.69, 9.17) is 27.9 Å². The van der Waals surface area contributed by atoms with Gasteiger partial charge in [0.2, 0.25) is 0 Å². The molecule has 0 heterocycles. The van der Waals surface area contributed by atoms with Gasteiger partial charge in [-0.3, -0.25) is 4.79 Å². The Morgan fingerprint density at radius 2 is 1.79 bits per heavy atom. The Kier molecular flexibility index (Phi) is 4.40. The fourth-order valence-corrected chi connectivity index (χ4v) is 2.04. The second kappa shape index (κ2) is 6.04. The zero-order chi connectivity index (χ0) is 13.8. The fourth-order valence-electron chi connectivity index (χ4n) is 1.59. The number of carbonyl (C=O) groups is 1. The average molecular weight is 299 g/mol. The van der Waals surface area contributed by atoms with E-state index in [-0.39, 0.29) is 28.0 Å². The van der Waals surface area contributed by atoms with Crippen molar-refractivity contribution in [2.45, 2.75) is 6.61 Å². The first-order valence-electron chi connectivity index (χ1n) is 5.43. The van der Waals surface area contributed by atoms with Crippen molar-refractivity contribution in [2.75, 3.05) is 0 Å². The van der Waals surface area contributed by atoms with Crippen molar-refractivity contribution in [1.29, 1.82) is 0 Å². The largest absolute Gasteiger partial charge is 0.486 e. The SMILES string of the molecule is O=Cc1cccc(Cl)c1OCc1c(F)cccc1Cl. The molecular formula is C14H9Cl2FO2. The van der Waals surface area contributed by atoms with Gasteiger partial charge in [-0.15, -0.1) is 0 Å². The molecule has 2 nitrogen and oxygen atoms in total. The molecule has 0 aliphatic rings. The van der Waals surface area contributed by atoms with Crippen molar-refractivity contribution >= 4 is 29.5 Å². The average Bonchev–Trinajstić information content (AvgIpc) is 2.39. The van der Waals surface area contributed by atoms with Crippen molar-refractivity contribution < 1.29 is 13.9 Å². The summed E-state index contributed by atoms with van der Waals surface area (Å²) < 4.78 is 19.0. The van der Waals surface area contributed by atoms with Crippen LogP contribution in [-0.4, -0.2) is 6.29 Å². The standard InChI is InChI=1S/C14H9Cl2FO2/c15-11-4-2-6-13(17)10(11)8-19-14-9(7-18)3-1-5-12(14)16/h1-7H,8H2. The van der Waals surface area contributed by atoms with E-state index in [1.165, 1.54) is 12.1 Å². The number of hydrogen-bond donors (Lipinski definition) is 0. The number of hydrogen-bond acceptors (Lipinski definition) is 2. The topological polar surface area (TPSA) is 26.3 Å². The van der Waals surface area contributed by atoms with Gasteiger partial charge in [-0.2, -0.15) is 0 Å². The lowest BCUT2D eigenvalue weighted by Gasteiger charge is -2.11. The van der Waals surface area contributed by atoms with E-state index in [2.05, 4.69) is 0 Å². The molecule has 98 valence electrons. The Hall–Kier alpha value is -1.58. The van der Waals surface area contributed by atoms with Crippen molar-refractivity contribution in [3.63, 3.8) is 0 Å². The highest BCUT2D eigenvalue weighted by atomic mass is 35.5. The summed E-state index contributed by atoms with van der Waals surface area (Å²) in [6.07, 6.45) is 0.629. The highest BCUT2D eigenvalue weighted by Gasteiger charge is 2.11. The van der Waals surface area contributed by atoms with E-state index in [0.29, 0.717) is 11.8 Å². The minimum absolute atomic E-state index is 0.101. The molecule has 0 atom stereocenters. The van der Waals surface area contributed by atoms with E-state index < -0.39 is 5.82 Å². The first-order valence-corrected chi connectivity index (χ1v) is 6.18. The van der Waals surface area contributed by atoms with Crippen LogP contribution < -0.4 is 4.74 Å². The Balaban J connectivity index is 2.26. The second-order valence-corrected chi connectivity index (χ2v) is 4.58. The molecule has 0 saturated carbocycles. The summed E-state index contributed by atoms with van der Waals surface area (Å²) in [6.45, 7) is -0.101. The predicted molar refractivity (Wildman–Crippen MR) is 72.6 cm³/mol. The molecule has 0 N–H and O–H groups in total. The molecular weight excluding hydrogens is 290 g/mol. The van der Waals surface area contributed by atoms with Crippen LogP contribution in [0.5, 0.6) is 5.75 Å². The van der Waals surface area contributed by atoms with Gasteiger partial charge in [0.1, 0.15) is 18.2 Å². The molecule has 0 unspecified atom stereocenters. The van der Waals surface area contributed by atoms with Crippen LogP contribution in [0.3, 0.4) is 0 Å². The molecule has 0 aromatic heterocycles. The van der Waals surface area contributed by atoms with Gasteiger partial charge in [-0.1, -0.05) is 35.3 Å². The van der Waals surface area contributed by atoms with Gasteiger partial charge in [0.25, 0.3) is 0 Å². The maximum absolute atomic E-state index is 13.6. The summed E-state index contributed by atoms with van der Waals surface area (Å²) in [5.74, 6) is -0.245. The Morgan fingerprint density at radius 1 is 1.11 bits per heavy atom. The number of para-hydroxylation sites is 1. The van der Waals surface area contributed by atoms with Gasteiger partial charge < -0.3 is 4.74 Å². The summed E-state index contributed by atoms with van der Waals surface area (Å²) in [5, 5.41) is 0.553. The van der Waals surface area contributed by atoms with E-state index in [0.717, 1.165) is 0 Å². The van der Waals surface area contributed by atoms with E-state index in [1.54, 1.807) is 24.3 Å². The van der Waals surface area contributed by atoms with Crippen LogP contribution in [0.25, 0.3) is 0 Å². The lowest BCUT2D eigenvalue weighted by molar-refractivity contribution is 0.111. The maximum Gasteiger partial charge on any atom is 0.153 e. The highest BCUT2D eigenvalue weighted by molar-refractivity contribution is 6.32. The van der Waals surface area contributed by atoms with Crippen LogP contribution in [-0.2, 0) is 6.61 Å². The van der Waals surface area contributed by atoms with Gasteiger partial charge in [-0.25, -0.2) is 4.39 Å². The first kappa shape index (κ1) is 13.8. The van der Waals surface area contributed by atoms with Crippen molar-refractivity contribution in [3.05, 3.63) is 63.4 Å². The lowest BCUT2D eigenvalue weighted by Crippen LogP contribution is -2.02. The van der Waals surface area contributed by atoms with Gasteiger partial charge in [-0.05, 0) is 24.3 Å². The van der Waals surface area contributed by atoms with Gasteiger partial charge in [0.05, 0.1) is 15.6 Å². The Bertz CT molecular complexity index is 594. The molecule has 0 spiro atoms. The molecule has 0 bridgehead atoms. The molecule has 0 saturated heterocycles. The van der Waals surface area contributed by atoms with Crippen LogP contribution in [0.2, 0.25) is 10.0 Å². The first-order chi connectivity index (χ1) is 9.13. The zero-order valence-electron chi connectivity index (χ0n) is 9.70. The summed E-state index contributed by atoms with van der Waals surface area (Å²) in [6, 6.07) is 9.15. The second-order valence-electron chi connectivity index (χ2n) is 3.76. The van der Waals surface area contributed by atoms with Crippen LogP contribution in [0.15, 0.2) is 36.4 Å². The molecule has 5 heteroatoms. The molecule has 0 aliphatic carbocycles. The van der Waals surface area contributed by atoms with Crippen molar-refractivity contribution in [2.24, 2.45) is 0 Å². The summed E-state index contributed by atoms with van der Waals surface area (Å²) >= 11 is 11.8. The maximum atomic E-state index is 13.6. The smallest absolute Gasteiger partial charge is 0.153 e. The molecule has 19 heavy (non-hydrogen) atoms. The summed E-state index contributed by atoms with van der Waals surface area (Å²) in [7, 11) is 0. The third-order valence-electron chi connectivity index (χ3n) is 2.55. The molecule has 2 rings (SSSR count). The van der Waals surface area contributed by atoms with E-state index in [1.807, 2.05) is 0 Å². The zero-order valence-corrected chi connectivity index (χ0v) is 11.2. The number of benzene rings is 2. The molecule has 0 amide bonds. The normalized spacial score (nSPS) is 10.3. The monoisotopic (exact) mass is 298 g/mol. The molecule has 2 aromatic rings. The highest BCUT2D eigenvalue weighted by Crippen LogP contribution is 2.29. The number of aldehydes is 1. The van der Waals surface area contributed by atoms with Crippen LogP contribution in [0.4, 0.5) is 4.39 Å². The van der Waals surface area contributed by atoms with Crippen LogP contribution in [0, 0.1) is 5.82 Å². The Labute approximate surface area is 119 Å². The molecule has 0 fully saturated rings. The molecule has 2 aromatic carbocycles. The molecule has 0 aliphatic heterocycles. The fraction of sp³-hybridized carbons (Fsp3) is 0.0714. The van der Waals surface area contributed by atoms with Crippen LogP contribution in [0.1, 0.15) is 15.9 Å². The number of ether oxygens (including phenoxy) is 1. The number of carbonyl (C=O) groups excluding carboxylic acids is 1. The number of halogens is 3. The van der Waals surface area contributed by atoms with Crippen LogP contribution >= 0.6 is 23.2 Å².